The summed E-state index contributed by atoms with van der Waals surface area (Å²) in [6.45, 7) is 11.7. The van der Waals surface area contributed by atoms with Crippen LogP contribution in [-0.4, -0.2) is 50.2 Å². The molecule has 0 radical (unpaired) electrons. The molecule has 0 heterocycles. The fourth-order valence-corrected chi connectivity index (χ4v) is 1.98. The molecule has 0 unspecified atom stereocenters. The molecule has 0 bridgehead atoms. The van der Waals surface area contributed by atoms with Gasteiger partial charge >= 0.3 is 0 Å². The first-order valence-electron chi connectivity index (χ1n) is 6.99. The number of halogens is 2. The van der Waals surface area contributed by atoms with Crippen LogP contribution in [0.1, 0.15) is 26.3 Å². The highest BCUT2D eigenvalue weighted by atomic mass is 35.5. The van der Waals surface area contributed by atoms with E-state index >= 15 is 0 Å². The van der Waals surface area contributed by atoms with Crippen LogP contribution in [0.25, 0.3) is 0 Å². The minimum atomic E-state index is 0. The lowest BCUT2D eigenvalue weighted by atomic mass is 10.2. The summed E-state index contributed by atoms with van der Waals surface area (Å²) in [4.78, 5) is 2.00. The summed E-state index contributed by atoms with van der Waals surface area (Å²) in [6.07, 6.45) is 0. The molecule has 0 aliphatic heterocycles. The highest BCUT2D eigenvalue weighted by Crippen LogP contribution is 2.13. The van der Waals surface area contributed by atoms with E-state index in [9.17, 15) is 0 Å². The Labute approximate surface area is 138 Å². The predicted molar refractivity (Wildman–Crippen MR) is 88.9 cm³/mol. The maximum absolute atomic E-state index is 2.29. The van der Waals surface area contributed by atoms with Gasteiger partial charge in [-0.3, -0.25) is 0 Å². The van der Waals surface area contributed by atoms with Crippen LogP contribution in [0.15, 0.2) is 30.3 Å². The first-order valence-corrected chi connectivity index (χ1v) is 6.99. The van der Waals surface area contributed by atoms with Crippen LogP contribution in [-0.2, 0) is 6.54 Å². The maximum Gasteiger partial charge on any atom is 0.104 e. The smallest absolute Gasteiger partial charge is 0.104 e. The molecule has 1 aromatic carbocycles. The molecule has 0 aliphatic rings. The lowest BCUT2D eigenvalue weighted by molar-refractivity contribution is -0.936. The van der Waals surface area contributed by atoms with E-state index < -0.39 is 0 Å². The summed E-state index contributed by atoms with van der Waals surface area (Å²) in [6, 6.07) is 10.8. The predicted octanol–water partition coefficient (Wildman–Crippen LogP) is 0.667. The van der Waals surface area contributed by atoms with E-state index in [2.05, 4.69) is 51.1 Å². The zero-order valence-corrected chi connectivity index (χ0v) is 15.5. The number of hydrogen-bond acceptors (Lipinski definition) is 1. The van der Waals surface area contributed by atoms with Crippen LogP contribution >= 0.6 is 12.4 Å². The third kappa shape index (κ3) is 10.5. The second-order valence-corrected chi connectivity index (χ2v) is 5.28. The van der Waals surface area contributed by atoms with Crippen LogP contribution < -0.4 is 12.4 Å². The molecule has 1 rings (SSSR count). The molecule has 0 aliphatic carbocycles. The van der Waals surface area contributed by atoms with Gasteiger partial charge in [0.1, 0.15) is 6.54 Å². The summed E-state index contributed by atoms with van der Waals surface area (Å²) in [5, 5.41) is 0. The third-order valence-electron chi connectivity index (χ3n) is 3.37. The minimum absolute atomic E-state index is 0. The Hall–Kier alpha value is -0.280. The van der Waals surface area contributed by atoms with Gasteiger partial charge in [0.05, 0.1) is 19.6 Å². The minimum Gasteiger partial charge on any atom is -1.00 e. The Bertz CT molecular complexity index is 288. The van der Waals surface area contributed by atoms with Gasteiger partial charge in [0, 0.05) is 5.56 Å². The molecular weight excluding hydrogens is 291 g/mol. The van der Waals surface area contributed by atoms with Crippen molar-refractivity contribution in [2.24, 2.45) is 0 Å². The summed E-state index contributed by atoms with van der Waals surface area (Å²) < 4.78 is 1.20. The lowest BCUT2D eigenvalue weighted by Gasteiger charge is -2.35. The molecule has 0 N–H and O–H groups in total. The Balaban J connectivity index is -0.000000429. The van der Waals surface area contributed by atoms with E-state index in [1.54, 1.807) is 0 Å². The fraction of sp³-hybridized carbons (Fsp3) is 0.625. The van der Waals surface area contributed by atoms with Gasteiger partial charge in [-0.1, -0.05) is 30.3 Å². The maximum atomic E-state index is 2.29. The second-order valence-electron chi connectivity index (χ2n) is 5.28. The van der Waals surface area contributed by atoms with Crippen molar-refractivity contribution in [3.05, 3.63) is 35.9 Å². The molecule has 0 amide bonds. The zero-order valence-electron chi connectivity index (χ0n) is 13.9. The molecule has 2 nitrogen and oxygen atoms in total. The van der Waals surface area contributed by atoms with Crippen LogP contribution in [0.5, 0.6) is 0 Å². The van der Waals surface area contributed by atoms with E-state index in [0.29, 0.717) is 0 Å². The largest absolute Gasteiger partial charge is 1.00 e. The van der Waals surface area contributed by atoms with E-state index in [4.69, 9.17) is 0 Å². The molecule has 0 fully saturated rings. The Kier molecular flexibility index (Phi) is 16.9. The fourth-order valence-electron chi connectivity index (χ4n) is 1.98. The van der Waals surface area contributed by atoms with Crippen molar-refractivity contribution < 1.29 is 16.9 Å². The average molecular weight is 323 g/mol. The second kappa shape index (κ2) is 13.7. The van der Waals surface area contributed by atoms with Crippen molar-refractivity contribution in [3.63, 3.8) is 0 Å². The van der Waals surface area contributed by atoms with E-state index in [0.717, 1.165) is 0 Å². The van der Waals surface area contributed by atoms with Crippen molar-refractivity contribution in [2.75, 3.05) is 40.8 Å². The molecule has 0 saturated carbocycles. The Morgan fingerprint density at radius 2 is 1.20 bits per heavy atom. The van der Waals surface area contributed by atoms with E-state index in [-0.39, 0.29) is 24.8 Å². The molecular formula is C16H32Cl2N2. The summed E-state index contributed by atoms with van der Waals surface area (Å²) in [5.74, 6) is 0. The first-order chi connectivity index (χ1) is 8.49. The highest BCUT2D eigenvalue weighted by Gasteiger charge is 2.20. The monoisotopic (exact) mass is 322 g/mol. The van der Waals surface area contributed by atoms with Crippen molar-refractivity contribution >= 4 is 12.4 Å². The third-order valence-corrected chi connectivity index (χ3v) is 3.37. The van der Waals surface area contributed by atoms with E-state index in [1.807, 2.05) is 26.0 Å². The van der Waals surface area contributed by atoms with Crippen LogP contribution in [0.3, 0.4) is 0 Å². The molecule has 120 valence electrons. The molecule has 1 aromatic rings. The van der Waals surface area contributed by atoms with Gasteiger partial charge in [-0.05, 0) is 41.9 Å². The Morgan fingerprint density at radius 3 is 1.50 bits per heavy atom. The molecule has 0 saturated heterocycles. The van der Waals surface area contributed by atoms with Gasteiger partial charge < -0.3 is 21.8 Å². The number of benzene rings is 1. The van der Waals surface area contributed by atoms with Crippen LogP contribution in [0.4, 0.5) is 0 Å². The summed E-state index contributed by atoms with van der Waals surface area (Å²) in [7, 11) is 6.00. The topological polar surface area (TPSA) is 3.24 Å². The van der Waals surface area contributed by atoms with Gasteiger partial charge in [0.25, 0.3) is 0 Å². The van der Waals surface area contributed by atoms with Gasteiger partial charge in [0.15, 0.2) is 0 Å². The summed E-state index contributed by atoms with van der Waals surface area (Å²) in [5.41, 5.74) is 1.46. The number of rotatable bonds is 5. The highest BCUT2D eigenvalue weighted by molar-refractivity contribution is 5.85. The molecule has 0 atom stereocenters. The van der Waals surface area contributed by atoms with Crippen molar-refractivity contribution in [1.82, 2.24) is 4.90 Å². The number of quaternary nitrogens is 1. The van der Waals surface area contributed by atoms with Crippen molar-refractivity contribution in [2.45, 2.75) is 27.3 Å². The Morgan fingerprint density at radius 1 is 0.850 bits per heavy atom. The quantitative estimate of drug-likeness (QED) is 0.720. The SMILES string of the molecule is CC[N+](CC)(CC)Cc1ccccc1.CN(C)C.Cl.[Cl-]. The normalized spacial score (nSPS) is 9.95. The molecule has 0 spiro atoms. The number of hydrogen-bond donors (Lipinski definition) is 0. The van der Waals surface area contributed by atoms with Gasteiger partial charge in [-0.2, -0.15) is 0 Å². The number of nitrogens with zero attached hydrogens (tertiary/aromatic N) is 2. The lowest BCUT2D eigenvalue weighted by Crippen LogP contribution is -3.00. The van der Waals surface area contributed by atoms with E-state index in [1.165, 1.54) is 36.2 Å². The van der Waals surface area contributed by atoms with Gasteiger partial charge in [-0.25, -0.2) is 0 Å². The zero-order chi connectivity index (χ0) is 14.0. The van der Waals surface area contributed by atoms with Crippen LogP contribution in [0.2, 0.25) is 0 Å². The van der Waals surface area contributed by atoms with Gasteiger partial charge in [0.2, 0.25) is 0 Å². The van der Waals surface area contributed by atoms with Crippen LogP contribution in [0, 0.1) is 0 Å². The molecule has 4 heteroatoms. The van der Waals surface area contributed by atoms with Crippen molar-refractivity contribution in [1.29, 1.82) is 0 Å². The average Bonchev–Trinajstić information content (AvgIpc) is 2.37. The molecule has 0 aromatic heterocycles. The van der Waals surface area contributed by atoms with Gasteiger partial charge in [-0.15, -0.1) is 12.4 Å². The molecule has 20 heavy (non-hydrogen) atoms. The standard InChI is InChI=1S/C13H22N.C3H9N.2ClH/c1-4-14(5-2,6-3)12-13-10-8-7-9-11-13;1-4(2)3;;/h7-11H,4-6,12H2,1-3H3;1-3H3;2*1H/q+1;;;/p-1. The van der Waals surface area contributed by atoms with Crippen molar-refractivity contribution in [3.8, 4) is 0 Å². The summed E-state index contributed by atoms with van der Waals surface area (Å²) >= 11 is 0. The first kappa shape index (κ1) is 24.7.